The van der Waals surface area contributed by atoms with Crippen molar-refractivity contribution in [2.45, 2.75) is 29.6 Å². The Kier molecular flexibility index (Phi) is 4.39. The molecule has 2 aromatic heterocycles. The van der Waals surface area contributed by atoms with Crippen LogP contribution in [0.15, 0.2) is 26.9 Å². The van der Waals surface area contributed by atoms with Crippen molar-refractivity contribution in [1.82, 2.24) is 20.1 Å². The number of nitriles is 1. The van der Waals surface area contributed by atoms with Crippen LogP contribution in [0.3, 0.4) is 0 Å². The van der Waals surface area contributed by atoms with E-state index in [4.69, 9.17) is 21.3 Å². The van der Waals surface area contributed by atoms with E-state index in [0.29, 0.717) is 33.3 Å². The molecule has 6 nitrogen and oxygen atoms in total. The number of nitrogens with zero attached hydrogens (tertiary/aromatic N) is 5. The normalized spacial score (nSPS) is 15.2. The molecule has 0 amide bonds. The van der Waals surface area contributed by atoms with Crippen LogP contribution in [0.5, 0.6) is 0 Å². The van der Waals surface area contributed by atoms with Gasteiger partial charge in [0.1, 0.15) is 11.1 Å². The Labute approximate surface area is 131 Å². The summed E-state index contributed by atoms with van der Waals surface area (Å²) in [5.41, 5.74) is 0.421. The van der Waals surface area contributed by atoms with Crippen LogP contribution in [-0.4, -0.2) is 33.2 Å². The molecule has 3 rings (SSSR count). The van der Waals surface area contributed by atoms with Gasteiger partial charge in [-0.05, 0) is 43.8 Å². The molecule has 1 fully saturated rings. The highest BCUT2D eigenvalue weighted by Crippen LogP contribution is 2.31. The molecule has 3 heterocycles. The van der Waals surface area contributed by atoms with Gasteiger partial charge in [-0.2, -0.15) is 5.26 Å². The molecule has 2 aromatic rings. The van der Waals surface area contributed by atoms with Crippen molar-refractivity contribution in [3.05, 3.63) is 28.7 Å². The number of rotatable bonds is 4. The molecule has 0 aromatic carbocycles. The number of pyridine rings is 1. The largest absolute Gasteiger partial charge is 0.414 e. The van der Waals surface area contributed by atoms with Gasteiger partial charge in [-0.3, -0.25) is 4.90 Å². The van der Waals surface area contributed by atoms with Crippen LogP contribution in [0.1, 0.15) is 24.3 Å². The van der Waals surface area contributed by atoms with Crippen molar-refractivity contribution in [2.24, 2.45) is 0 Å². The molecular formula is C13H12ClN5OS. The second kappa shape index (κ2) is 6.43. The third kappa shape index (κ3) is 3.53. The highest BCUT2D eigenvalue weighted by molar-refractivity contribution is 7.99. The molecule has 0 aliphatic carbocycles. The molecular weight excluding hydrogens is 310 g/mol. The molecule has 1 aliphatic heterocycles. The fourth-order valence-electron chi connectivity index (χ4n) is 2.12. The smallest absolute Gasteiger partial charge is 0.283 e. The number of halogens is 1. The lowest BCUT2D eigenvalue weighted by Crippen LogP contribution is -2.18. The zero-order valence-corrected chi connectivity index (χ0v) is 12.7. The monoisotopic (exact) mass is 321 g/mol. The summed E-state index contributed by atoms with van der Waals surface area (Å²) in [6, 6.07) is 3.56. The van der Waals surface area contributed by atoms with E-state index in [0.717, 1.165) is 13.1 Å². The van der Waals surface area contributed by atoms with Gasteiger partial charge < -0.3 is 4.42 Å². The summed E-state index contributed by atoms with van der Waals surface area (Å²) in [5.74, 6) is 0.601. The number of likely N-dealkylation sites (tertiary alicyclic amines) is 1. The van der Waals surface area contributed by atoms with Crippen molar-refractivity contribution >= 4 is 23.4 Å². The zero-order valence-electron chi connectivity index (χ0n) is 11.1. The summed E-state index contributed by atoms with van der Waals surface area (Å²) in [5, 5.41) is 18.2. The number of aromatic nitrogens is 3. The molecule has 0 radical (unpaired) electrons. The molecule has 0 atom stereocenters. The SMILES string of the molecule is N#Cc1cnc(Sc2nnc(CN3CCCC3)o2)c(Cl)c1. The topological polar surface area (TPSA) is 78.8 Å². The average molecular weight is 322 g/mol. The van der Waals surface area contributed by atoms with Gasteiger partial charge in [-0.25, -0.2) is 4.98 Å². The number of hydrogen-bond donors (Lipinski definition) is 0. The van der Waals surface area contributed by atoms with Crippen molar-refractivity contribution < 1.29 is 4.42 Å². The minimum absolute atomic E-state index is 0.401. The summed E-state index contributed by atoms with van der Waals surface area (Å²) in [4.78, 5) is 6.41. The Morgan fingerprint density at radius 3 is 2.90 bits per heavy atom. The van der Waals surface area contributed by atoms with Crippen LogP contribution in [0.4, 0.5) is 0 Å². The lowest BCUT2D eigenvalue weighted by molar-refractivity contribution is 0.278. The molecule has 1 saturated heterocycles. The fraction of sp³-hybridized carbons (Fsp3) is 0.385. The van der Waals surface area contributed by atoms with Gasteiger partial charge in [-0.1, -0.05) is 11.6 Å². The van der Waals surface area contributed by atoms with Crippen molar-refractivity contribution in [3.8, 4) is 6.07 Å². The van der Waals surface area contributed by atoms with Gasteiger partial charge in [0.05, 0.1) is 17.1 Å². The summed E-state index contributed by atoms with van der Waals surface area (Å²) < 4.78 is 5.60. The first-order valence-corrected chi connectivity index (χ1v) is 7.72. The summed E-state index contributed by atoms with van der Waals surface area (Å²) in [6.07, 6.45) is 3.91. The molecule has 0 spiro atoms. The first-order valence-electron chi connectivity index (χ1n) is 6.53. The highest BCUT2D eigenvalue weighted by Gasteiger charge is 2.17. The predicted molar refractivity (Wildman–Crippen MR) is 76.9 cm³/mol. The fourth-order valence-corrected chi connectivity index (χ4v) is 3.05. The van der Waals surface area contributed by atoms with E-state index in [9.17, 15) is 0 Å². The van der Waals surface area contributed by atoms with Crippen molar-refractivity contribution in [3.63, 3.8) is 0 Å². The van der Waals surface area contributed by atoms with E-state index in [1.165, 1.54) is 30.8 Å². The third-order valence-corrected chi connectivity index (χ3v) is 4.38. The van der Waals surface area contributed by atoms with Crippen LogP contribution >= 0.6 is 23.4 Å². The highest BCUT2D eigenvalue weighted by atomic mass is 35.5. The van der Waals surface area contributed by atoms with Crippen LogP contribution in [0.25, 0.3) is 0 Å². The summed E-state index contributed by atoms with van der Waals surface area (Å²) in [6.45, 7) is 2.84. The molecule has 8 heteroatoms. The molecule has 1 aliphatic rings. The first kappa shape index (κ1) is 14.3. The molecule has 0 saturated carbocycles. The zero-order chi connectivity index (χ0) is 14.7. The van der Waals surface area contributed by atoms with E-state index < -0.39 is 0 Å². The maximum atomic E-state index is 8.78. The maximum Gasteiger partial charge on any atom is 0.283 e. The van der Waals surface area contributed by atoms with E-state index in [-0.39, 0.29) is 0 Å². The standard InChI is InChI=1S/C13H12ClN5OS/c14-10-5-9(6-15)7-16-12(10)21-13-18-17-11(20-13)8-19-3-1-2-4-19/h5,7H,1-4,8H2. The van der Waals surface area contributed by atoms with Crippen LogP contribution < -0.4 is 0 Å². The minimum Gasteiger partial charge on any atom is -0.414 e. The van der Waals surface area contributed by atoms with Gasteiger partial charge in [0.15, 0.2) is 0 Å². The van der Waals surface area contributed by atoms with Crippen LogP contribution in [0, 0.1) is 11.3 Å². The van der Waals surface area contributed by atoms with E-state index in [1.807, 2.05) is 6.07 Å². The second-order valence-corrected chi connectivity index (χ2v) is 6.02. The van der Waals surface area contributed by atoms with Crippen LogP contribution in [0.2, 0.25) is 5.02 Å². The summed E-state index contributed by atoms with van der Waals surface area (Å²) in [7, 11) is 0. The third-order valence-electron chi connectivity index (χ3n) is 3.13. The van der Waals surface area contributed by atoms with Gasteiger partial charge in [-0.15, -0.1) is 10.2 Å². The Morgan fingerprint density at radius 1 is 1.38 bits per heavy atom. The minimum atomic E-state index is 0.401. The quantitative estimate of drug-likeness (QED) is 0.856. The summed E-state index contributed by atoms with van der Waals surface area (Å²) >= 11 is 7.27. The molecule has 108 valence electrons. The van der Waals surface area contributed by atoms with Gasteiger partial charge in [0.2, 0.25) is 5.89 Å². The molecule has 0 N–H and O–H groups in total. The van der Waals surface area contributed by atoms with E-state index in [2.05, 4.69) is 20.1 Å². The molecule has 0 bridgehead atoms. The Bertz CT molecular complexity index is 677. The predicted octanol–water partition coefficient (Wildman–Crippen LogP) is 2.74. The molecule has 21 heavy (non-hydrogen) atoms. The lowest BCUT2D eigenvalue weighted by Gasteiger charge is -2.10. The Balaban J connectivity index is 1.68. The van der Waals surface area contributed by atoms with Crippen LogP contribution in [-0.2, 0) is 6.54 Å². The second-order valence-electron chi connectivity index (χ2n) is 4.67. The van der Waals surface area contributed by atoms with Gasteiger partial charge in [0.25, 0.3) is 5.22 Å². The van der Waals surface area contributed by atoms with Gasteiger partial charge >= 0.3 is 0 Å². The van der Waals surface area contributed by atoms with Gasteiger partial charge in [0, 0.05) is 6.20 Å². The van der Waals surface area contributed by atoms with Crippen molar-refractivity contribution in [1.29, 1.82) is 5.26 Å². The van der Waals surface area contributed by atoms with Crippen molar-refractivity contribution in [2.75, 3.05) is 13.1 Å². The Morgan fingerprint density at radius 2 is 2.19 bits per heavy atom. The lowest BCUT2D eigenvalue weighted by atomic mass is 10.3. The maximum absolute atomic E-state index is 8.78. The average Bonchev–Trinajstić information content (AvgIpc) is 3.14. The molecule has 0 unspecified atom stereocenters. The first-order chi connectivity index (χ1) is 10.2. The van der Waals surface area contributed by atoms with E-state index >= 15 is 0 Å². The Hall–Kier alpha value is -1.62. The number of hydrogen-bond acceptors (Lipinski definition) is 7. The van der Waals surface area contributed by atoms with E-state index in [1.54, 1.807) is 6.07 Å².